The van der Waals surface area contributed by atoms with E-state index in [2.05, 4.69) is 15.5 Å². The Labute approximate surface area is 96.5 Å². The third-order valence-electron chi connectivity index (χ3n) is 2.42. The number of rotatable bonds is 1. The maximum atomic E-state index is 5.25. The summed E-state index contributed by atoms with van der Waals surface area (Å²) in [7, 11) is 0. The third-order valence-corrected chi connectivity index (χ3v) is 2.72. The van der Waals surface area contributed by atoms with Crippen LogP contribution in [-0.2, 0) is 0 Å². The Hall–Kier alpha value is -2.01. The molecular weight excluding hydrogens is 220 g/mol. The van der Waals surface area contributed by atoms with Crippen LogP contribution in [0.2, 0.25) is 0 Å². The number of tetrazole rings is 1. The number of nitrogens with zero attached hydrogens (tertiary/aromatic N) is 3. The van der Waals surface area contributed by atoms with Crippen molar-refractivity contribution in [2.75, 3.05) is 0 Å². The Bertz CT molecular complexity index is 684. The number of benzene rings is 1. The van der Waals surface area contributed by atoms with E-state index in [1.807, 2.05) is 42.5 Å². The summed E-state index contributed by atoms with van der Waals surface area (Å²) in [4.78, 5) is 0. The molecule has 0 aliphatic carbocycles. The highest BCUT2D eigenvalue weighted by Gasteiger charge is 2.02. The molecule has 3 aromatic rings. The van der Waals surface area contributed by atoms with Crippen molar-refractivity contribution in [1.82, 2.24) is 20.0 Å². The molecule has 5 heteroatoms. The summed E-state index contributed by atoms with van der Waals surface area (Å²) in [5.41, 5.74) is 2.91. The molecule has 0 aliphatic heterocycles. The first-order valence-electron chi connectivity index (χ1n) is 4.84. The van der Waals surface area contributed by atoms with Crippen LogP contribution in [0.3, 0.4) is 0 Å². The molecular formula is C11H8N4S. The fraction of sp³-hybridized carbons (Fsp3) is 0. The molecule has 0 fully saturated rings. The van der Waals surface area contributed by atoms with E-state index in [4.69, 9.17) is 12.2 Å². The summed E-state index contributed by atoms with van der Waals surface area (Å²) in [6.07, 6.45) is 0. The van der Waals surface area contributed by atoms with E-state index in [0.717, 1.165) is 16.8 Å². The molecule has 0 spiro atoms. The quantitative estimate of drug-likeness (QED) is 0.651. The van der Waals surface area contributed by atoms with Gasteiger partial charge in [-0.25, -0.2) is 4.52 Å². The van der Waals surface area contributed by atoms with E-state index in [1.54, 1.807) is 4.52 Å². The van der Waals surface area contributed by atoms with Gasteiger partial charge < -0.3 is 0 Å². The maximum absolute atomic E-state index is 5.25. The molecule has 1 aromatic carbocycles. The van der Waals surface area contributed by atoms with Crippen LogP contribution in [0.4, 0.5) is 0 Å². The standard InChI is InChI=1S/C11H8N4S/c16-11-7-9(8-4-2-1-3-5-8)6-10-12-13-14-15(10)11/h1-7H,(H,12,14). The van der Waals surface area contributed by atoms with Crippen molar-refractivity contribution in [1.29, 1.82) is 0 Å². The van der Waals surface area contributed by atoms with Crippen molar-refractivity contribution in [2.24, 2.45) is 0 Å². The molecule has 78 valence electrons. The second kappa shape index (κ2) is 3.53. The van der Waals surface area contributed by atoms with Crippen molar-refractivity contribution < 1.29 is 0 Å². The summed E-state index contributed by atoms with van der Waals surface area (Å²) in [6, 6.07) is 14.0. The first-order chi connectivity index (χ1) is 7.84. The molecule has 0 aliphatic rings. The number of nitrogens with one attached hydrogen (secondary N) is 1. The highest BCUT2D eigenvalue weighted by Crippen LogP contribution is 2.19. The lowest BCUT2D eigenvalue weighted by Gasteiger charge is -2.01. The van der Waals surface area contributed by atoms with E-state index in [0.29, 0.717) is 4.64 Å². The van der Waals surface area contributed by atoms with Crippen molar-refractivity contribution in [3.8, 4) is 11.1 Å². The average Bonchev–Trinajstić information content (AvgIpc) is 2.79. The van der Waals surface area contributed by atoms with Gasteiger partial charge in [0.2, 0.25) is 0 Å². The van der Waals surface area contributed by atoms with Gasteiger partial charge in [-0.15, -0.1) is 5.10 Å². The highest BCUT2D eigenvalue weighted by atomic mass is 32.1. The fourth-order valence-electron chi connectivity index (χ4n) is 1.65. The van der Waals surface area contributed by atoms with Crippen LogP contribution in [0.15, 0.2) is 42.5 Å². The van der Waals surface area contributed by atoms with E-state index in [1.165, 1.54) is 0 Å². The molecule has 2 heterocycles. The fourth-order valence-corrected chi connectivity index (χ4v) is 1.91. The van der Waals surface area contributed by atoms with Crippen LogP contribution >= 0.6 is 12.2 Å². The van der Waals surface area contributed by atoms with E-state index >= 15 is 0 Å². The van der Waals surface area contributed by atoms with E-state index < -0.39 is 0 Å². The molecule has 4 nitrogen and oxygen atoms in total. The second-order valence-corrected chi connectivity index (χ2v) is 3.86. The monoisotopic (exact) mass is 228 g/mol. The number of aromatic amines is 1. The van der Waals surface area contributed by atoms with Crippen LogP contribution in [-0.4, -0.2) is 20.0 Å². The van der Waals surface area contributed by atoms with Crippen LogP contribution < -0.4 is 0 Å². The highest BCUT2D eigenvalue weighted by molar-refractivity contribution is 7.71. The van der Waals surface area contributed by atoms with Gasteiger partial charge in [0.15, 0.2) is 5.65 Å². The number of H-pyrrole nitrogens is 1. The lowest BCUT2D eigenvalue weighted by molar-refractivity contribution is 0.817. The largest absolute Gasteiger partial charge is 0.208 e. The lowest BCUT2D eigenvalue weighted by Crippen LogP contribution is -1.90. The van der Waals surface area contributed by atoms with Gasteiger partial charge in [-0.1, -0.05) is 47.8 Å². The van der Waals surface area contributed by atoms with E-state index in [-0.39, 0.29) is 0 Å². The average molecular weight is 228 g/mol. The molecule has 0 unspecified atom stereocenters. The minimum atomic E-state index is 0.668. The molecule has 16 heavy (non-hydrogen) atoms. The maximum Gasteiger partial charge on any atom is 0.179 e. The Balaban J connectivity index is 2.30. The van der Waals surface area contributed by atoms with Gasteiger partial charge in [0.05, 0.1) is 0 Å². The molecule has 0 saturated heterocycles. The van der Waals surface area contributed by atoms with Gasteiger partial charge in [-0.05, 0) is 23.3 Å². The Morgan fingerprint density at radius 3 is 2.69 bits per heavy atom. The molecule has 0 bridgehead atoms. The zero-order chi connectivity index (χ0) is 11.0. The summed E-state index contributed by atoms with van der Waals surface area (Å²) in [5, 5.41) is 10.4. The minimum absolute atomic E-state index is 0.668. The number of aromatic nitrogens is 4. The molecule has 0 radical (unpaired) electrons. The van der Waals surface area contributed by atoms with Crippen molar-refractivity contribution in [2.45, 2.75) is 0 Å². The minimum Gasteiger partial charge on any atom is -0.208 e. The Morgan fingerprint density at radius 1 is 1.06 bits per heavy atom. The van der Waals surface area contributed by atoms with Gasteiger partial charge >= 0.3 is 0 Å². The normalized spacial score (nSPS) is 10.8. The predicted molar refractivity (Wildman–Crippen MR) is 63.6 cm³/mol. The first kappa shape index (κ1) is 9.23. The molecule has 0 amide bonds. The molecule has 2 aromatic heterocycles. The van der Waals surface area contributed by atoms with Gasteiger partial charge in [0.25, 0.3) is 0 Å². The van der Waals surface area contributed by atoms with Crippen molar-refractivity contribution >= 4 is 17.9 Å². The smallest absolute Gasteiger partial charge is 0.179 e. The zero-order valence-corrected chi connectivity index (χ0v) is 9.11. The van der Waals surface area contributed by atoms with Crippen molar-refractivity contribution in [3.63, 3.8) is 0 Å². The first-order valence-corrected chi connectivity index (χ1v) is 5.25. The molecule has 0 atom stereocenters. The van der Waals surface area contributed by atoms with Crippen molar-refractivity contribution in [3.05, 3.63) is 47.1 Å². The second-order valence-electron chi connectivity index (χ2n) is 3.44. The number of pyridine rings is 1. The van der Waals surface area contributed by atoms with Gasteiger partial charge in [0, 0.05) is 0 Å². The van der Waals surface area contributed by atoms with E-state index in [9.17, 15) is 0 Å². The lowest BCUT2D eigenvalue weighted by atomic mass is 10.1. The Kier molecular flexibility index (Phi) is 2.04. The summed E-state index contributed by atoms with van der Waals surface area (Å²) in [5.74, 6) is 0. The van der Waals surface area contributed by atoms with Gasteiger partial charge in [-0.2, -0.15) is 5.21 Å². The summed E-state index contributed by atoms with van der Waals surface area (Å²) in [6.45, 7) is 0. The van der Waals surface area contributed by atoms with Crippen LogP contribution in [0.5, 0.6) is 0 Å². The van der Waals surface area contributed by atoms with Gasteiger partial charge in [0.1, 0.15) is 4.64 Å². The molecule has 1 N–H and O–H groups in total. The SMILES string of the molecule is S=c1cc(-c2ccccc2)cc2nn[nH]n12. The van der Waals surface area contributed by atoms with Crippen LogP contribution in [0.25, 0.3) is 16.8 Å². The summed E-state index contributed by atoms with van der Waals surface area (Å²) < 4.78 is 2.34. The van der Waals surface area contributed by atoms with Crippen LogP contribution in [0.1, 0.15) is 0 Å². The number of hydrogen-bond acceptors (Lipinski definition) is 3. The van der Waals surface area contributed by atoms with Crippen LogP contribution in [0, 0.1) is 4.64 Å². The zero-order valence-electron chi connectivity index (χ0n) is 8.29. The topological polar surface area (TPSA) is 46.0 Å². The summed E-state index contributed by atoms with van der Waals surface area (Å²) >= 11 is 5.25. The number of hydrogen-bond donors (Lipinski definition) is 1. The number of fused-ring (bicyclic) bond motifs is 1. The molecule has 3 rings (SSSR count). The Morgan fingerprint density at radius 2 is 1.88 bits per heavy atom. The predicted octanol–water partition coefficient (Wildman–Crippen LogP) is 2.45. The van der Waals surface area contributed by atoms with Gasteiger partial charge in [-0.3, -0.25) is 0 Å². The third kappa shape index (κ3) is 1.42. The molecule has 0 saturated carbocycles.